The molecule has 0 fully saturated rings. The molecule has 138 valence electrons. The summed E-state index contributed by atoms with van der Waals surface area (Å²) in [5.41, 5.74) is 1.20. The van der Waals surface area contributed by atoms with Crippen molar-refractivity contribution < 1.29 is 17.9 Å². The molecule has 0 radical (unpaired) electrons. The zero-order valence-corrected chi connectivity index (χ0v) is 15.6. The summed E-state index contributed by atoms with van der Waals surface area (Å²) in [6.07, 6.45) is 2.94. The third kappa shape index (κ3) is 4.74. The summed E-state index contributed by atoms with van der Waals surface area (Å²) in [6, 6.07) is 19.3. The van der Waals surface area contributed by atoms with Crippen molar-refractivity contribution in [1.29, 1.82) is 0 Å². The van der Waals surface area contributed by atoms with Crippen LogP contribution in [0.3, 0.4) is 0 Å². The van der Waals surface area contributed by atoms with E-state index < -0.39 is 16.0 Å². The van der Waals surface area contributed by atoms with E-state index in [1.54, 1.807) is 55.5 Å². The number of benzene rings is 3. The molecule has 0 bridgehead atoms. The topological polar surface area (TPSA) is 72.5 Å². The Morgan fingerprint density at radius 3 is 2.41 bits per heavy atom. The van der Waals surface area contributed by atoms with E-state index in [1.807, 2.05) is 24.3 Å². The Morgan fingerprint density at radius 1 is 1.00 bits per heavy atom. The fourth-order valence-electron chi connectivity index (χ4n) is 2.57. The highest BCUT2D eigenvalue weighted by molar-refractivity contribution is 7.92. The van der Waals surface area contributed by atoms with Crippen LogP contribution in [-0.4, -0.2) is 21.0 Å². The molecule has 0 aliphatic carbocycles. The summed E-state index contributed by atoms with van der Waals surface area (Å²) in [5.74, 6) is -0.418. The van der Waals surface area contributed by atoms with Gasteiger partial charge in [-0.1, -0.05) is 42.5 Å². The molecule has 0 amide bonds. The molecule has 0 aliphatic heterocycles. The Morgan fingerprint density at radius 2 is 1.70 bits per heavy atom. The number of sulfonamides is 1. The molecule has 0 aromatic heterocycles. The highest BCUT2D eigenvalue weighted by Gasteiger charge is 2.14. The highest BCUT2D eigenvalue weighted by atomic mass is 32.2. The van der Waals surface area contributed by atoms with E-state index in [-0.39, 0.29) is 4.90 Å². The van der Waals surface area contributed by atoms with Gasteiger partial charge in [-0.25, -0.2) is 13.2 Å². The minimum Gasteiger partial charge on any atom is -0.463 e. The molecular weight excluding hydrogens is 362 g/mol. The van der Waals surface area contributed by atoms with E-state index in [0.29, 0.717) is 12.3 Å². The maximum absolute atomic E-state index is 12.6. The number of carbonyl (C=O) groups excluding carboxylic acids is 1. The lowest BCUT2D eigenvalue weighted by Crippen LogP contribution is -2.12. The van der Waals surface area contributed by atoms with Crippen molar-refractivity contribution in [2.45, 2.75) is 11.8 Å². The van der Waals surface area contributed by atoms with Gasteiger partial charge in [-0.3, -0.25) is 4.72 Å². The second-order valence-electron chi connectivity index (χ2n) is 5.82. The minimum absolute atomic E-state index is 0.201. The molecule has 0 saturated heterocycles. The van der Waals surface area contributed by atoms with Crippen molar-refractivity contribution >= 4 is 38.5 Å². The minimum atomic E-state index is -3.69. The predicted octanol–water partition coefficient (Wildman–Crippen LogP) is 4.22. The zero-order chi connectivity index (χ0) is 19.3. The molecule has 5 nitrogen and oxygen atoms in total. The number of hydrogen-bond acceptors (Lipinski definition) is 4. The normalized spacial score (nSPS) is 11.6. The van der Waals surface area contributed by atoms with Gasteiger partial charge in [0.2, 0.25) is 0 Å². The Balaban J connectivity index is 1.76. The van der Waals surface area contributed by atoms with Crippen molar-refractivity contribution in [2.24, 2.45) is 0 Å². The summed E-state index contributed by atoms with van der Waals surface area (Å²) in [4.78, 5) is 11.5. The molecule has 3 rings (SSSR count). The summed E-state index contributed by atoms with van der Waals surface area (Å²) in [5, 5.41) is 1.84. The molecule has 0 saturated carbocycles. The van der Waals surface area contributed by atoms with Gasteiger partial charge in [0.15, 0.2) is 0 Å². The predicted molar refractivity (Wildman–Crippen MR) is 107 cm³/mol. The quantitative estimate of drug-likeness (QED) is 0.513. The van der Waals surface area contributed by atoms with Crippen molar-refractivity contribution in [3.63, 3.8) is 0 Å². The zero-order valence-electron chi connectivity index (χ0n) is 14.8. The van der Waals surface area contributed by atoms with Gasteiger partial charge in [0.05, 0.1) is 11.5 Å². The van der Waals surface area contributed by atoms with Gasteiger partial charge in [0, 0.05) is 11.8 Å². The number of anilines is 1. The Hall–Kier alpha value is -3.12. The van der Waals surface area contributed by atoms with E-state index in [9.17, 15) is 13.2 Å². The molecular formula is C21H19NO4S. The summed E-state index contributed by atoms with van der Waals surface area (Å²) < 4.78 is 32.6. The van der Waals surface area contributed by atoms with Crippen LogP contribution in [0.5, 0.6) is 0 Å². The Bertz CT molecular complexity index is 1090. The summed E-state index contributed by atoms with van der Waals surface area (Å²) in [6.45, 7) is 2.06. The van der Waals surface area contributed by atoms with Crippen LogP contribution in [0.2, 0.25) is 0 Å². The average Bonchev–Trinajstić information content (AvgIpc) is 2.67. The monoisotopic (exact) mass is 381 g/mol. The third-order valence-corrected chi connectivity index (χ3v) is 5.27. The fourth-order valence-corrected chi connectivity index (χ4v) is 3.66. The van der Waals surface area contributed by atoms with Crippen LogP contribution in [0.15, 0.2) is 77.7 Å². The highest BCUT2D eigenvalue weighted by Crippen LogP contribution is 2.21. The first-order valence-corrected chi connectivity index (χ1v) is 9.93. The van der Waals surface area contributed by atoms with Gasteiger partial charge < -0.3 is 4.74 Å². The van der Waals surface area contributed by atoms with Crippen LogP contribution >= 0.6 is 0 Å². The van der Waals surface area contributed by atoms with E-state index >= 15 is 0 Å². The van der Waals surface area contributed by atoms with Crippen molar-refractivity contribution in [3.8, 4) is 0 Å². The van der Waals surface area contributed by atoms with Crippen LogP contribution in [0, 0.1) is 0 Å². The van der Waals surface area contributed by atoms with Crippen LogP contribution in [0.1, 0.15) is 12.5 Å². The van der Waals surface area contributed by atoms with E-state index in [4.69, 9.17) is 4.74 Å². The largest absolute Gasteiger partial charge is 0.463 e. The molecule has 3 aromatic carbocycles. The molecule has 0 heterocycles. The third-order valence-electron chi connectivity index (χ3n) is 3.89. The van der Waals surface area contributed by atoms with Gasteiger partial charge >= 0.3 is 5.97 Å². The lowest BCUT2D eigenvalue weighted by atomic mass is 10.1. The number of carbonyl (C=O) groups is 1. The first-order chi connectivity index (χ1) is 13.0. The molecule has 3 aromatic rings. The van der Waals surface area contributed by atoms with Crippen molar-refractivity contribution in [1.82, 2.24) is 0 Å². The molecule has 0 spiro atoms. The van der Waals surface area contributed by atoms with Gasteiger partial charge in [-0.05, 0) is 53.6 Å². The van der Waals surface area contributed by atoms with Crippen LogP contribution in [-0.2, 0) is 19.6 Å². The van der Waals surface area contributed by atoms with Gasteiger partial charge in [0.25, 0.3) is 10.0 Å². The lowest BCUT2D eigenvalue weighted by Gasteiger charge is -2.09. The Labute approximate surface area is 158 Å². The van der Waals surface area contributed by atoms with Crippen molar-refractivity contribution in [3.05, 3.63) is 78.4 Å². The number of fused-ring (bicyclic) bond motifs is 1. The number of ether oxygens (including phenoxy) is 1. The molecule has 1 N–H and O–H groups in total. The first kappa shape index (κ1) is 18.7. The van der Waals surface area contributed by atoms with Crippen molar-refractivity contribution in [2.75, 3.05) is 11.3 Å². The number of rotatable bonds is 6. The Kier molecular flexibility index (Phi) is 5.57. The smallest absolute Gasteiger partial charge is 0.330 e. The maximum Gasteiger partial charge on any atom is 0.330 e. The average molecular weight is 381 g/mol. The lowest BCUT2D eigenvalue weighted by molar-refractivity contribution is -0.137. The maximum atomic E-state index is 12.6. The van der Waals surface area contributed by atoms with Crippen LogP contribution < -0.4 is 4.72 Å². The first-order valence-electron chi connectivity index (χ1n) is 8.44. The summed E-state index contributed by atoms with van der Waals surface area (Å²) >= 11 is 0. The van der Waals surface area contributed by atoms with E-state index in [2.05, 4.69) is 4.72 Å². The van der Waals surface area contributed by atoms with Gasteiger partial charge in [0.1, 0.15) is 0 Å². The second-order valence-corrected chi connectivity index (χ2v) is 7.50. The number of esters is 1. The second kappa shape index (κ2) is 8.05. The van der Waals surface area contributed by atoms with Gasteiger partial charge in [-0.2, -0.15) is 0 Å². The fraction of sp³-hybridized carbons (Fsp3) is 0.0952. The summed E-state index contributed by atoms with van der Waals surface area (Å²) in [7, 11) is -3.69. The van der Waals surface area contributed by atoms with Gasteiger partial charge in [-0.15, -0.1) is 0 Å². The van der Waals surface area contributed by atoms with Crippen LogP contribution in [0.25, 0.3) is 16.8 Å². The molecule has 6 heteroatoms. The number of hydrogen-bond donors (Lipinski definition) is 1. The SMILES string of the molecule is CCOC(=O)/C=C/c1ccc(NS(=O)(=O)c2ccc3ccccc3c2)cc1. The molecule has 0 aliphatic rings. The number of nitrogens with one attached hydrogen (secondary N) is 1. The van der Waals surface area contributed by atoms with E-state index in [1.165, 1.54) is 6.08 Å². The molecule has 0 unspecified atom stereocenters. The standard InChI is InChI=1S/C21H19NO4S/c1-2-26-21(23)14-9-16-7-11-19(12-8-16)22-27(24,25)20-13-10-17-5-3-4-6-18(17)15-20/h3-15,22H,2H2,1H3/b14-9+. The van der Waals surface area contributed by atoms with Crippen LogP contribution in [0.4, 0.5) is 5.69 Å². The van der Waals surface area contributed by atoms with E-state index in [0.717, 1.165) is 16.3 Å². The molecule has 0 atom stereocenters. The molecule has 27 heavy (non-hydrogen) atoms.